The first-order chi connectivity index (χ1) is 21.0. The van der Waals surface area contributed by atoms with Crippen molar-refractivity contribution in [3.05, 3.63) is 108 Å². The second-order valence-corrected chi connectivity index (χ2v) is 10.6. The Labute approximate surface area is 247 Å². The summed E-state index contributed by atoms with van der Waals surface area (Å²) in [7, 11) is 1.73. The molecule has 11 nitrogen and oxygen atoms in total. The molecule has 0 radical (unpaired) electrons. The number of nitrogens with zero attached hydrogens (tertiary/aromatic N) is 9. The molecule has 0 bridgehead atoms. The van der Waals surface area contributed by atoms with Crippen molar-refractivity contribution < 1.29 is 0 Å². The van der Waals surface area contributed by atoms with Crippen LogP contribution in [-0.4, -0.2) is 65.1 Å². The lowest BCUT2D eigenvalue weighted by Crippen LogP contribution is -2.46. The monoisotopic (exact) mass is 570 g/mol. The average Bonchev–Trinajstić information content (AvgIpc) is 3.42. The highest BCUT2D eigenvalue weighted by Crippen LogP contribution is 2.31. The van der Waals surface area contributed by atoms with Gasteiger partial charge in [0.1, 0.15) is 23.5 Å². The van der Waals surface area contributed by atoms with E-state index in [1.807, 2.05) is 34.9 Å². The molecule has 0 atom stereocenters. The zero-order valence-corrected chi connectivity index (χ0v) is 23.7. The van der Waals surface area contributed by atoms with Crippen LogP contribution in [0, 0.1) is 0 Å². The maximum absolute atomic E-state index is 12.0. The van der Waals surface area contributed by atoms with Crippen LogP contribution in [0.25, 0.3) is 39.5 Å². The third-order valence-corrected chi connectivity index (χ3v) is 7.83. The molecule has 214 valence electrons. The normalized spacial score (nSPS) is 13.9. The molecule has 43 heavy (non-hydrogen) atoms. The summed E-state index contributed by atoms with van der Waals surface area (Å²) >= 11 is 0. The Kier molecular flexibility index (Phi) is 6.84. The van der Waals surface area contributed by atoms with E-state index in [9.17, 15) is 4.79 Å². The van der Waals surface area contributed by atoms with Crippen LogP contribution in [0.5, 0.6) is 0 Å². The Hall–Kier alpha value is -5.42. The maximum atomic E-state index is 12.0. The highest BCUT2D eigenvalue weighted by molar-refractivity contribution is 5.84. The van der Waals surface area contributed by atoms with Gasteiger partial charge in [0.05, 0.1) is 11.3 Å². The van der Waals surface area contributed by atoms with Crippen molar-refractivity contribution in [2.75, 3.05) is 36.8 Å². The first kappa shape index (κ1) is 26.5. The number of hydrogen-bond acceptors (Lipinski definition) is 9. The van der Waals surface area contributed by atoms with Crippen LogP contribution in [0.1, 0.15) is 5.56 Å². The number of nitrogen functional groups attached to an aromatic ring is 1. The molecule has 6 heterocycles. The molecule has 1 aliphatic rings. The van der Waals surface area contributed by atoms with Gasteiger partial charge in [-0.2, -0.15) is 0 Å². The number of fused-ring (bicyclic) bond motifs is 1. The zero-order valence-electron chi connectivity index (χ0n) is 23.7. The minimum Gasteiger partial charge on any atom is -0.383 e. The van der Waals surface area contributed by atoms with Gasteiger partial charge in [-0.3, -0.25) is 14.3 Å². The number of pyridine rings is 3. The molecule has 5 aromatic heterocycles. The lowest BCUT2D eigenvalue weighted by Gasteiger charge is -2.35. The molecule has 0 unspecified atom stereocenters. The van der Waals surface area contributed by atoms with Gasteiger partial charge in [-0.15, -0.1) is 0 Å². The molecule has 7 rings (SSSR count). The smallest absolute Gasteiger partial charge is 0.250 e. The molecule has 11 heteroatoms. The molecule has 1 saturated heterocycles. The lowest BCUT2D eigenvalue weighted by atomic mass is 10.1. The van der Waals surface area contributed by atoms with Crippen LogP contribution in [0.2, 0.25) is 0 Å². The largest absolute Gasteiger partial charge is 0.383 e. The number of nitrogens with two attached hydrogens (primary N) is 1. The van der Waals surface area contributed by atoms with Gasteiger partial charge in [-0.1, -0.05) is 12.1 Å². The third-order valence-electron chi connectivity index (χ3n) is 7.83. The number of imidazole rings is 1. The molecule has 0 saturated carbocycles. The summed E-state index contributed by atoms with van der Waals surface area (Å²) in [5, 5.41) is 0. The lowest BCUT2D eigenvalue weighted by molar-refractivity contribution is 0.249. The van der Waals surface area contributed by atoms with Crippen LogP contribution in [-0.2, 0) is 13.6 Å². The quantitative estimate of drug-likeness (QED) is 0.320. The van der Waals surface area contributed by atoms with Gasteiger partial charge in [0.2, 0.25) is 5.56 Å². The highest BCUT2D eigenvalue weighted by atomic mass is 16.1. The number of aryl methyl sites for hydroxylation is 1. The van der Waals surface area contributed by atoms with Gasteiger partial charge >= 0.3 is 0 Å². The molecular weight excluding hydrogens is 540 g/mol. The van der Waals surface area contributed by atoms with Crippen molar-refractivity contribution in [1.82, 2.24) is 39.0 Å². The van der Waals surface area contributed by atoms with Gasteiger partial charge < -0.3 is 15.2 Å². The van der Waals surface area contributed by atoms with Crippen molar-refractivity contribution in [2.24, 2.45) is 7.05 Å². The Bertz CT molecular complexity index is 1960. The van der Waals surface area contributed by atoms with Crippen LogP contribution in [0.4, 0.5) is 11.6 Å². The predicted octanol–water partition coefficient (Wildman–Crippen LogP) is 3.54. The van der Waals surface area contributed by atoms with Gasteiger partial charge in [-0.05, 0) is 54.1 Å². The molecule has 0 spiro atoms. The SMILES string of the molecule is Cn1cc(-c2ccc3nc(-c4cccnc4N)n(-c4ccc(CN5CCN(c6ccncn6)CC5)cc4)c3n2)ccc1=O. The van der Waals surface area contributed by atoms with E-state index in [0.717, 1.165) is 66.6 Å². The van der Waals surface area contributed by atoms with E-state index in [2.05, 4.69) is 49.0 Å². The number of anilines is 2. The number of rotatable bonds is 6. The Morgan fingerprint density at radius 3 is 2.44 bits per heavy atom. The molecule has 2 N–H and O–H groups in total. The number of hydrogen-bond donors (Lipinski definition) is 1. The summed E-state index contributed by atoms with van der Waals surface area (Å²) < 4.78 is 3.58. The summed E-state index contributed by atoms with van der Waals surface area (Å²) in [6.07, 6.45) is 6.85. The second-order valence-electron chi connectivity index (χ2n) is 10.6. The first-order valence-corrected chi connectivity index (χ1v) is 14.1. The molecule has 1 aromatic carbocycles. The van der Waals surface area contributed by atoms with Gasteiger partial charge in [0.25, 0.3) is 0 Å². The van der Waals surface area contributed by atoms with Crippen molar-refractivity contribution >= 4 is 22.8 Å². The molecule has 1 fully saturated rings. The van der Waals surface area contributed by atoms with Gasteiger partial charge in [0, 0.05) is 75.7 Å². The molecule has 0 aliphatic carbocycles. The van der Waals surface area contributed by atoms with Crippen molar-refractivity contribution in [2.45, 2.75) is 6.54 Å². The Morgan fingerprint density at radius 1 is 0.860 bits per heavy atom. The van der Waals surface area contributed by atoms with Crippen LogP contribution in [0.15, 0.2) is 96.4 Å². The molecular formula is C32H30N10O. The van der Waals surface area contributed by atoms with E-state index in [1.54, 1.807) is 48.7 Å². The summed E-state index contributed by atoms with van der Waals surface area (Å²) in [6.45, 7) is 4.63. The summed E-state index contributed by atoms with van der Waals surface area (Å²) in [6, 6.07) is 21.5. The van der Waals surface area contributed by atoms with Crippen LogP contribution in [0.3, 0.4) is 0 Å². The summed E-state index contributed by atoms with van der Waals surface area (Å²) in [5.74, 6) is 2.04. The van der Waals surface area contributed by atoms with Crippen molar-refractivity contribution in [1.29, 1.82) is 0 Å². The first-order valence-electron chi connectivity index (χ1n) is 14.1. The fourth-order valence-corrected chi connectivity index (χ4v) is 5.51. The Morgan fingerprint density at radius 2 is 1.70 bits per heavy atom. The number of benzene rings is 1. The maximum Gasteiger partial charge on any atom is 0.250 e. The van der Waals surface area contributed by atoms with E-state index in [-0.39, 0.29) is 5.56 Å². The second kappa shape index (κ2) is 11.1. The van der Waals surface area contributed by atoms with Gasteiger partial charge in [0.15, 0.2) is 11.5 Å². The minimum atomic E-state index is -0.0723. The third kappa shape index (κ3) is 5.22. The van der Waals surface area contributed by atoms with Crippen LogP contribution >= 0.6 is 0 Å². The van der Waals surface area contributed by atoms with Crippen molar-refractivity contribution in [3.63, 3.8) is 0 Å². The van der Waals surface area contributed by atoms with E-state index >= 15 is 0 Å². The summed E-state index contributed by atoms with van der Waals surface area (Å²) in [5.41, 5.74) is 12.1. The molecule has 6 aromatic rings. The zero-order chi connectivity index (χ0) is 29.3. The predicted molar refractivity (Wildman–Crippen MR) is 167 cm³/mol. The van der Waals surface area contributed by atoms with E-state index < -0.39 is 0 Å². The van der Waals surface area contributed by atoms with E-state index in [1.165, 1.54) is 5.56 Å². The topological polar surface area (TPSA) is 124 Å². The summed E-state index contributed by atoms with van der Waals surface area (Å²) in [4.78, 5) is 39.4. The van der Waals surface area contributed by atoms with Crippen LogP contribution < -0.4 is 16.2 Å². The number of piperazine rings is 1. The van der Waals surface area contributed by atoms with E-state index in [0.29, 0.717) is 17.3 Å². The number of aromatic nitrogens is 7. The standard InChI is InChI=1S/C32H30N10O/c1-39-20-23(6-11-29(39)43)26-9-10-27-32(37-26)42(31(38-27)25-3-2-13-35-30(25)33)24-7-4-22(5-8-24)19-40-15-17-41(18-16-40)28-12-14-34-21-36-28/h2-14,20-21H,15-19H2,1H3,(H2,33,35). The van der Waals surface area contributed by atoms with Gasteiger partial charge in [-0.25, -0.2) is 24.9 Å². The Balaban J connectivity index is 1.21. The average molecular weight is 571 g/mol. The van der Waals surface area contributed by atoms with E-state index in [4.69, 9.17) is 15.7 Å². The minimum absolute atomic E-state index is 0.0723. The fraction of sp³-hybridized carbons (Fsp3) is 0.188. The fourth-order valence-electron chi connectivity index (χ4n) is 5.51. The molecule has 1 aliphatic heterocycles. The molecule has 0 amide bonds. The van der Waals surface area contributed by atoms with Crippen molar-refractivity contribution in [3.8, 4) is 28.3 Å². The highest BCUT2D eigenvalue weighted by Gasteiger charge is 2.20.